The number of aromatic amines is 1. The van der Waals surface area contributed by atoms with Gasteiger partial charge in [-0.15, -0.1) is 0 Å². The van der Waals surface area contributed by atoms with E-state index in [4.69, 9.17) is 0 Å². The molecule has 1 heterocycles. The molecule has 1 aromatic carbocycles. The van der Waals surface area contributed by atoms with Crippen LogP contribution < -0.4 is 0 Å². The third-order valence-corrected chi connectivity index (χ3v) is 2.08. The van der Waals surface area contributed by atoms with Crippen molar-refractivity contribution in [1.82, 2.24) is 10.2 Å². The smallest absolute Gasteiger partial charge is 0.124 e. The standard InChI is InChI=1S/C11H10N2O.CH3.W/c14-7-6-10-8-12-13-11(10)9-4-2-1-3-5-9;;/h1-5,7-8H,6H2,(H,12,13);1H3;/q;-1;. The van der Waals surface area contributed by atoms with Crippen LogP contribution >= 0.6 is 0 Å². The van der Waals surface area contributed by atoms with Crippen LogP contribution in [0.5, 0.6) is 0 Å². The first-order valence-electron chi connectivity index (χ1n) is 4.43. The molecule has 0 aliphatic rings. The summed E-state index contributed by atoms with van der Waals surface area (Å²) in [5.41, 5.74) is 2.92. The summed E-state index contributed by atoms with van der Waals surface area (Å²) in [7, 11) is 0. The number of aldehydes is 1. The van der Waals surface area contributed by atoms with Crippen LogP contribution in [-0.4, -0.2) is 16.5 Å². The van der Waals surface area contributed by atoms with Gasteiger partial charge in [0, 0.05) is 33.0 Å². The molecule has 4 heteroatoms. The first kappa shape index (κ1) is 14.8. The van der Waals surface area contributed by atoms with Gasteiger partial charge in [-0.2, -0.15) is 5.10 Å². The number of carbonyl (C=O) groups is 1. The summed E-state index contributed by atoms with van der Waals surface area (Å²) in [5, 5.41) is 6.83. The summed E-state index contributed by atoms with van der Waals surface area (Å²) in [6.07, 6.45) is 2.98. The minimum atomic E-state index is 0. The van der Waals surface area contributed by atoms with Crippen LogP contribution in [-0.2, 0) is 32.3 Å². The molecule has 0 amide bonds. The number of rotatable bonds is 3. The van der Waals surface area contributed by atoms with Gasteiger partial charge in [0.1, 0.15) is 6.29 Å². The van der Waals surface area contributed by atoms with E-state index in [-0.39, 0.29) is 28.5 Å². The van der Waals surface area contributed by atoms with Crippen LogP contribution in [0.15, 0.2) is 36.5 Å². The minimum absolute atomic E-state index is 0. The van der Waals surface area contributed by atoms with Crippen molar-refractivity contribution in [3.63, 3.8) is 0 Å². The molecule has 16 heavy (non-hydrogen) atoms. The van der Waals surface area contributed by atoms with Gasteiger partial charge in [-0.3, -0.25) is 5.10 Å². The maximum Gasteiger partial charge on any atom is 0.124 e. The van der Waals surface area contributed by atoms with E-state index in [9.17, 15) is 4.79 Å². The fraction of sp³-hybridized carbons (Fsp3) is 0.0833. The second-order valence-electron chi connectivity index (χ2n) is 3.01. The Hall–Kier alpha value is -1.21. The van der Waals surface area contributed by atoms with E-state index in [1.165, 1.54) is 0 Å². The zero-order valence-electron chi connectivity index (χ0n) is 9.01. The molecule has 0 fully saturated rings. The van der Waals surface area contributed by atoms with Gasteiger partial charge in [-0.1, -0.05) is 30.3 Å². The third-order valence-electron chi connectivity index (χ3n) is 2.08. The van der Waals surface area contributed by atoms with Crippen molar-refractivity contribution in [2.45, 2.75) is 6.42 Å². The van der Waals surface area contributed by atoms with Gasteiger partial charge < -0.3 is 12.2 Å². The molecule has 0 bridgehead atoms. The number of aromatic nitrogens is 2. The molecule has 2 rings (SSSR count). The molecule has 0 saturated heterocycles. The summed E-state index contributed by atoms with van der Waals surface area (Å²) in [6, 6.07) is 9.85. The maximum absolute atomic E-state index is 10.4. The molecular formula is C12H13N2OW-. The van der Waals surface area contributed by atoms with Gasteiger partial charge >= 0.3 is 0 Å². The summed E-state index contributed by atoms with van der Waals surface area (Å²) in [6.45, 7) is 0. The monoisotopic (exact) mass is 385 g/mol. The van der Waals surface area contributed by atoms with Crippen LogP contribution in [0.3, 0.4) is 0 Å². The van der Waals surface area contributed by atoms with E-state index in [1.54, 1.807) is 6.20 Å². The van der Waals surface area contributed by atoms with E-state index in [0.717, 1.165) is 23.1 Å². The number of H-pyrrole nitrogens is 1. The first-order valence-corrected chi connectivity index (χ1v) is 4.43. The predicted octanol–water partition coefficient (Wildman–Crippen LogP) is 2.27. The average Bonchev–Trinajstić information content (AvgIpc) is 2.68. The average molecular weight is 385 g/mol. The number of benzene rings is 1. The molecule has 0 unspecified atom stereocenters. The molecular weight excluding hydrogens is 372 g/mol. The molecule has 3 nitrogen and oxygen atoms in total. The molecule has 0 aliphatic carbocycles. The van der Waals surface area contributed by atoms with Crippen LogP contribution in [0.2, 0.25) is 0 Å². The third kappa shape index (κ3) is 3.14. The van der Waals surface area contributed by atoms with Gasteiger partial charge in [-0.25, -0.2) is 0 Å². The molecule has 0 aliphatic heterocycles. The zero-order chi connectivity index (χ0) is 9.80. The molecule has 84 valence electrons. The van der Waals surface area contributed by atoms with Crippen molar-refractivity contribution in [2.24, 2.45) is 0 Å². The molecule has 0 spiro atoms. The number of hydrogen-bond donors (Lipinski definition) is 1. The van der Waals surface area contributed by atoms with E-state index < -0.39 is 0 Å². The molecule has 1 aromatic heterocycles. The Kier molecular flexibility index (Phi) is 6.59. The molecule has 0 radical (unpaired) electrons. The Morgan fingerprint density at radius 2 is 1.94 bits per heavy atom. The molecule has 0 saturated carbocycles. The van der Waals surface area contributed by atoms with Gasteiger partial charge in [-0.05, 0) is 5.56 Å². The van der Waals surface area contributed by atoms with Crippen molar-refractivity contribution in [2.75, 3.05) is 0 Å². The number of nitrogens with zero attached hydrogens (tertiary/aromatic N) is 1. The fourth-order valence-corrected chi connectivity index (χ4v) is 1.41. The van der Waals surface area contributed by atoms with Crippen molar-refractivity contribution < 1.29 is 25.9 Å². The zero-order valence-corrected chi connectivity index (χ0v) is 11.9. The Labute approximate surface area is 110 Å². The number of hydrogen-bond acceptors (Lipinski definition) is 2. The first-order chi connectivity index (χ1) is 6.92. The second kappa shape index (κ2) is 7.13. The Balaban J connectivity index is 0.00000112. The van der Waals surface area contributed by atoms with E-state index in [0.29, 0.717) is 6.42 Å². The van der Waals surface area contributed by atoms with Gasteiger partial charge in [0.05, 0.1) is 11.9 Å². The molecule has 1 N–H and O–H groups in total. The number of carbonyl (C=O) groups excluding carboxylic acids is 1. The van der Waals surface area contributed by atoms with E-state index in [2.05, 4.69) is 10.2 Å². The van der Waals surface area contributed by atoms with Crippen LogP contribution in [0.4, 0.5) is 0 Å². The summed E-state index contributed by atoms with van der Waals surface area (Å²) in [4.78, 5) is 10.4. The fourth-order valence-electron chi connectivity index (χ4n) is 1.41. The van der Waals surface area contributed by atoms with Crippen LogP contribution in [0.25, 0.3) is 11.3 Å². The largest absolute Gasteiger partial charge is 0.358 e. The van der Waals surface area contributed by atoms with E-state index in [1.807, 2.05) is 30.3 Å². The van der Waals surface area contributed by atoms with E-state index >= 15 is 0 Å². The summed E-state index contributed by atoms with van der Waals surface area (Å²) in [5.74, 6) is 0. The van der Waals surface area contributed by atoms with Crippen molar-refractivity contribution >= 4 is 6.29 Å². The molecule has 2 aromatic rings. The van der Waals surface area contributed by atoms with Gasteiger partial charge in [0.25, 0.3) is 0 Å². The SMILES string of the molecule is O=CCc1cn[nH]c1-c1ccccc1.[CH3-].[W]. The quantitative estimate of drug-likeness (QED) is 0.651. The molecule has 0 atom stereocenters. The minimum Gasteiger partial charge on any atom is -0.358 e. The predicted molar refractivity (Wildman–Crippen MR) is 60.2 cm³/mol. The van der Waals surface area contributed by atoms with Crippen LogP contribution in [0.1, 0.15) is 5.56 Å². The van der Waals surface area contributed by atoms with Gasteiger partial charge in [0.2, 0.25) is 0 Å². The van der Waals surface area contributed by atoms with Crippen molar-refractivity contribution in [3.8, 4) is 11.3 Å². The van der Waals surface area contributed by atoms with Crippen molar-refractivity contribution in [3.05, 3.63) is 49.5 Å². The Morgan fingerprint density at radius 1 is 1.25 bits per heavy atom. The second-order valence-corrected chi connectivity index (χ2v) is 3.01. The van der Waals surface area contributed by atoms with Crippen LogP contribution in [0, 0.1) is 7.43 Å². The summed E-state index contributed by atoms with van der Waals surface area (Å²) >= 11 is 0. The maximum atomic E-state index is 10.4. The van der Waals surface area contributed by atoms with Crippen molar-refractivity contribution in [1.29, 1.82) is 0 Å². The van der Waals surface area contributed by atoms with Gasteiger partial charge in [0.15, 0.2) is 0 Å². The summed E-state index contributed by atoms with van der Waals surface area (Å²) < 4.78 is 0. The normalized spacial score (nSPS) is 8.75. The Morgan fingerprint density at radius 3 is 2.56 bits per heavy atom. The number of nitrogens with one attached hydrogen (secondary N) is 1. The topological polar surface area (TPSA) is 45.8 Å². The Bertz CT molecular complexity index is 426.